The zero-order valence-electron chi connectivity index (χ0n) is 9.35. The van der Waals surface area contributed by atoms with Gasteiger partial charge in [0, 0.05) is 6.20 Å². The lowest BCUT2D eigenvalue weighted by Crippen LogP contribution is -2.04. The fourth-order valence-electron chi connectivity index (χ4n) is 1.47. The first-order valence-electron chi connectivity index (χ1n) is 5.32. The van der Waals surface area contributed by atoms with Gasteiger partial charge in [-0.25, -0.2) is 0 Å². The predicted molar refractivity (Wildman–Crippen MR) is 64.6 cm³/mol. The fourth-order valence-corrected chi connectivity index (χ4v) is 1.47. The minimum atomic E-state index is -4.31. The Bertz CT molecular complexity index is 544. The third-order valence-corrected chi connectivity index (χ3v) is 2.35. The summed E-state index contributed by atoms with van der Waals surface area (Å²) in [5.74, 6) is 0. The van der Waals surface area contributed by atoms with E-state index in [0.717, 1.165) is 12.1 Å². The third kappa shape index (κ3) is 3.20. The molecule has 0 radical (unpaired) electrons. The maximum atomic E-state index is 12.5. The lowest BCUT2D eigenvalue weighted by Gasteiger charge is -2.06. The molecule has 0 unspecified atom stereocenters. The molecule has 0 aliphatic heterocycles. The Hall–Kier alpha value is -2.10. The van der Waals surface area contributed by atoms with E-state index < -0.39 is 11.7 Å². The molecule has 92 valence electrons. The van der Waals surface area contributed by atoms with E-state index in [2.05, 4.69) is 4.98 Å². The van der Waals surface area contributed by atoms with Crippen molar-refractivity contribution in [3.8, 4) is 0 Å². The maximum Gasteiger partial charge on any atom is 0.416 e. The molecule has 1 aromatic heterocycles. The van der Waals surface area contributed by atoms with Crippen molar-refractivity contribution in [2.24, 2.45) is 0 Å². The normalized spacial score (nSPS) is 11.9. The van der Waals surface area contributed by atoms with Gasteiger partial charge in [-0.3, -0.25) is 4.98 Å². The van der Waals surface area contributed by atoms with Crippen LogP contribution in [0.5, 0.6) is 0 Å². The molecule has 0 atom stereocenters. The molecule has 0 saturated carbocycles. The number of rotatable bonds is 2. The molecule has 1 nitrogen and oxygen atoms in total. The van der Waals surface area contributed by atoms with E-state index in [9.17, 15) is 13.2 Å². The summed E-state index contributed by atoms with van der Waals surface area (Å²) in [5.41, 5.74) is 0.552. The largest absolute Gasteiger partial charge is 0.416 e. The Balaban J connectivity index is 2.23. The quantitative estimate of drug-likeness (QED) is 0.774. The fraction of sp³-hybridized carbons (Fsp3) is 0.0714. The molecule has 2 rings (SSSR count). The molecule has 1 heterocycles. The van der Waals surface area contributed by atoms with Gasteiger partial charge in [-0.2, -0.15) is 13.2 Å². The summed E-state index contributed by atoms with van der Waals surface area (Å²) in [6.45, 7) is 0. The Morgan fingerprint density at radius 2 is 1.78 bits per heavy atom. The van der Waals surface area contributed by atoms with Gasteiger partial charge < -0.3 is 0 Å². The second-order valence-electron chi connectivity index (χ2n) is 3.71. The molecule has 4 heteroatoms. The van der Waals surface area contributed by atoms with E-state index in [1.165, 1.54) is 6.07 Å². The summed E-state index contributed by atoms with van der Waals surface area (Å²) in [6.07, 6.45) is 0.605. The summed E-state index contributed by atoms with van der Waals surface area (Å²) in [7, 11) is 0. The number of pyridine rings is 1. The predicted octanol–water partition coefficient (Wildman–Crippen LogP) is 4.27. The second kappa shape index (κ2) is 5.04. The van der Waals surface area contributed by atoms with Crippen LogP contribution in [-0.4, -0.2) is 4.98 Å². The molecule has 2 aromatic rings. The molecular formula is C14H10F3N. The van der Waals surface area contributed by atoms with Crippen LogP contribution in [0.3, 0.4) is 0 Å². The molecule has 0 bridgehead atoms. The zero-order chi connectivity index (χ0) is 13.0. The van der Waals surface area contributed by atoms with Crippen LogP contribution in [0.1, 0.15) is 16.8 Å². The molecule has 0 amide bonds. The lowest BCUT2D eigenvalue weighted by atomic mass is 10.1. The Morgan fingerprint density at radius 1 is 0.944 bits per heavy atom. The highest BCUT2D eigenvalue weighted by Crippen LogP contribution is 2.29. The van der Waals surface area contributed by atoms with Crippen LogP contribution in [0.15, 0.2) is 48.7 Å². The van der Waals surface area contributed by atoms with Gasteiger partial charge in [0.05, 0.1) is 11.3 Å². The topological polar surface area (TPSA) is 12.9 Å². The first-order chi connectivity index (χ1) is 8.55. The summed E-state index contributed by atoms with van der Waals surface area (Å²) >= 11 is 0. The van der Waals surface area contributed by atoms with Crippen LogP contribution in [0.25, 0.3) is 12.2 Å². The molecule has 0 aliphatic rings. The van der Waals surface area contributed by atoms with E-state index in [4.69, 9.17) is 0 Å². The molecule has 0 spiro atoms. The molecule has 0 fully saturated rings. The Labute approximate surface area is 103 Å². The summed E-state index contributed by atoms with van der Waals surface area (Å²) < 4.78 is 37.5. The second-order valence-corrected chi connectivity index (χ2v) is 3.71. The maximum absolute atomic E-state index is 12.5. The van der Waals surface area contributed by atoms with Gasteiger partial charge >= 0.3 is 6.18 Å². The van der Waals surface area contributed by atoms with Gasteiger partial charge in [0.2, 0.25) is 0 Å². The van der Waals surface area contributed by atoms with E-state index in [0.29, 0.717) is 11.3 Å². The standard InChI is InChI=1S/C14H10F3N/c15-14(16,17)12-5-3-4-11(10-12)7-8-13-6-1-2-9-18-13/h1-10H/b8-7+. The summed E-state index contributed by atoms with van der Waals surface area (Å²) in [5, 5.41) is 0. The van der Waals surface area contributed by atoms with E-state index in [1.807, 2.05) is 6.07 Å². The lowest BCUT2D eigenvalue weighted by molar-refractivity contribution is -0.137. The number of nitrogens with zero attached hydrogens (tertiary/aromatic N) is 1. The van der Waals surface area contributed by atoms with Crippen LogP contribution < -0.4 is 0 Å². The van der Waals surface area contributed by atoms with Gasteiger partial charge in [0.15, 0.2) is 0 Å². The van der Waals surface area contributed by atoms with Crippen molar-refractivity contribution in [1.82, 2.24) is 4.98 Å². The summed E-state index contributed by atoms with van der Waals surface area (Å²) in [6, 6.07) is 10.6. The van der Waals surface area contributed by atoms with Gasteiger partial charge in [0.25, 0.3) is 0 Å². The Kier molecular flexibility index (Phi) is 3.46. The van der Waals surface area contributed by atoms with Crippen molar-refractivity contribution in [1.29, 1.82) is 0 Å². The number of hydrogen-bond donors (Lipinski definition) is 0. The van der Waals surface area contributed by atoms with Crippen LogP contribution in [-0.2, 0) is 6.18 Å². The molecule has 0 N–H and O–H groups in total. The number of hydrogen-bond acceptors (Lipinski definition) is 1. The van der Waals surface area contributed by atoms with Crippen molar-refractivity contribution in [3.63, 3.8) is 0 Å². The van der Waals surface area contributed by atoms with Gasteiger partial charge in [-0.1, -0.05) is 24.3 Å². The van der Waals surface area contributed by atoms with Gasteiger partial charge in [-0.15, -0.1) is 0 Å². The molecule has 18 heavy (non-hydrogen) atoms. The number of halogens is 3. The first kappa shape index (κ1) is 12.4. The monoisotopic (exact) mass is 249 g/mol. The van der Waals surface area contributed by atoms with E-state index in [1.54, 1.807) is 36.5 Å². The van der Waals surface area contributed by atoms with Crippen LogP contribution in [0, 0.1) is 0 Å². The third-order valence-electron chi connectivity index (χ3n) is 2.35. The molecule has 1 aromatic carbocycles. The van der Waals surface area contributed by atoms with Crippen LogP contribution >= 0.6 is 0 Å². The van der Waals surface area contributed by atoms with Crippen molar-refractivity contribution >= 4 is 12.2 Å². The Morgan fingerprint density at radius 3 is 2.44 bits per heavy atom. The van der Waals surface area contributed by atoms with Crippen molar-refractivity contribution in [3.05, 3.63) is 65.5 Å². The van der Waals surface area contributed by atoms with E-state index >= 15 is 0 Å². The highest BCUT2D eigenvalue weighted by atomic mass is 19.4. The van der Waals surface area contributed by atoms with Crippen molar-refractivity contribution in [2.45, 2.75) is 6.18 Å². The molecular weight excluding hydrogens is 239 g/mol. The molecule has 0 saturated heterocycles. The first-order valence-corrected chi connectivity index (χ1v) is 5.32. The number of aromatic nitrogens is 1. The van der Waals surface area contributed by atoms with Crippen molar-refractivity contribution < 1.29 is 13.2 Å². The average Bonchev–Trinajstić information content (AvgIpc) is 2.37. The van der Waals surface area contributed by atoms with Gasteiger partial charge in [0.1, 0.15) is 0 Å². The van der Waals surface area contributed by atoms with E-state index in [-0.39, 0.29) is 0 Å². The minimum absolute atomic E-state index is 0.496. The van der Waals surface area contributed by atoms with Crippen LogP contribution in [0.2, 0.25) is 0 Å². The van der Waals surface area contributed by atoms with Crippen molar-refractivity contribution in [2.75, 3.05) is 0 Å². The van der Waals surface area contributed by atoms with Gasteiger partial charge in [-0.05, 0) is 35.9 Å². The minimum Gasteiger partial charge on any atom is -0.257 e. The SMILES string of the molecule is FC(F)(F)c1cccc(/C=C/c2ccccn2)c1. The average molecular weight is 249 g/mol. The highest BCUT2D eigenvalue weighted by molar-refractivity contribution is 5.68. The zero-order valence-corrected chi connectivity index (χ0v) is 9.35. The number of alkyl halides is 3. The molecule has 0 aliphatic carbocycles. The summed E-state index contributed by atoms with van der Waals surface area (Å²) in [4.78, 5) is 4.06. The number of benzene rings is 1. The smallest absolute Gasteiger partial charge is 0.257 e. The van der Waals surface area contributed by atoms with Crippen LogP contribution in [0.4, 0.5) is 13.2 Å². The highest BCUT2D eigenvalue weighted by Gasteiger charge is 2.30.